The van der Waals surface area contributed by atoms with Crippen LogP contribution in [0.4, 0.5) is 10.5 Å². The Labute approximate surface area is 159 Å². The first kappa shape index (κ1) is 19.1. The van der Waals surface area contributed by atoms with E-state index in [-0.39, 0.29) is 18.7 Å². The number of alkyl halides is 3. The van der Waals surface area contributed by atoms with Gasteiger partial charge in [0.05, 0.1) is 16.1 Å². The minimum absolute atomic E-state index is 0.0625. The Bertz CT molecular complexity index is 565. The van der Waals surface area contributed by atoms with Gasteiger partial charge in [-0.3, -0.25) is 0 Å². The molecule has 0 aromatic heterocycles. The Morgan fingerprint density at radius 2 is 1.87 bits per heavy atom. The zero-order valence-corrected chi connectivity index (χ0v) is 15.7. The van der Waals surface area contributed by atoms with Gasteiger partial charge in [-0.05, 0) is 37.5 Å². The lowest BCUT2D eigenvalue weighted by atomic mass is 10.1. The third kappa shape index (κ3) is 6.28. The fourth-order valence-electron chi connectivity index (χ4n) is 2.45. The van der Waals surface area contributed by atoms with Crippen molar-refractivity contribution in [1.82, 2.24) is 5.32 Å². The Hall–Kier alpha value is -0.260. The summed E-state index contributed by atoms with van der Waals surface area (Å²) in [6.07, 6.45) is 2.12. The van der Waals surface area contributed by atoms with Crippen LogP contribution >= 0.6 is 58.0 Å². The number of carbonyl (C=O) groups is 1. The van der Waals surface area contributed by atoms with Crippen LogP contribution in [0.1, 0.15) is 19.3 Å². The Morgan fingerprint density at radius 3 is 2.52 bits per heavy atom. The van der Waals surface area contributed by atoms with Gasteiger partial charge >= 0.3 is 6.09 Å². The number of carbonyl (C=O) groups excluding carboxylic acids is 1. The lowest BCUT2D eigenvalue weighted by Crippen LogP contribution is -2.44. The van der Waals surface area contributed by atoms with Gasteiger partial charge in [0, 0.05) is 11.7 Å². The van der Waals surface area contributed by atoms with Crippen LogP contribution in [-0.2, 0) is 4.74 Å². The van der Waals surface area contributed by atoms with Gasteiger partial charge < -0.3 is 15.4 Å². The largest absolute Gasteiger partial charge is 0.445 e. The van der Waals surface area contributed by atoms with Gasteiger partial charge in [0.1, 0.15) is 6.61 Å². The van der Waals surface area contributed by atoms with Crippen LogP contribution < -0.4 is 10.6 Å². The summed E-state index contributed by atoms with van der Waals surface area (Å²) in [5.41, 5.74) is 0.841. The first-order valence-electron chi connectivity index (χ1n) is 6.96. The van der Waals surface area contributed by atoms with Crippen molar-refractivity contribution in [3.05, 3.63) is 28.2 Å². The molecule has 4 nitrogen and oxygen atoms in total. The van der Waals surface area contributed by atoms with Gasteiger partial charge in [-0.2, -0.15) is 0 Å². The lowest BCUT2D eigenvalue weighted by Gasteiger charge is -2.23. The molecule has 2 atom stereocenters. The Balaban J connectivity index is 1.89. The number of amides is 1. The molecule has 0 spiro atoms. The SMILES string of the molecule is O=C(NC1CCCC1Nc1ccc(Cl)c(Cl)c1)OCC(Cl)(Cl)Cl. The molecular formula is C14H15Cl5N2O2. The van der Waals surface area contributed by atoms with E-state index < -0.39 is 9.89 Å². The van der Waals surface area contributed by atoms with E-state index in [9.17, 15) is 4.79 Å². The highest BCUT2D eigenvalue weighted by Gasteiger charge is 2.30. The Morgan fingerprint density at radius 1 is 1.17 bits per heavy atom. The smallest absolute Gasteiger partial charge is 0.407 e. The minimum Gasteiger partial charge on any atom is -0.445 e. The van der Waals surface area contributed by atoms with E-state index in [4.69, 9.17) is 62.7 Å². The van der Waals surface area contributed by atoms with E-state index in [0.29, 0.717) is 10.0 Å². The number of rotatable bonds is 4. The number of alkyl carbamates (subject to hydrolysis) is 1. The molecule has 1 aromatic rings. The summed E-state index contributed by atoms with van der Waals surface area (Å²) in [4.78, 5) is 11.8. The summed E-state index contributed by atoms with van der Waals surface area (Å²) >= 11 is 28.5. The van der Waals surface area contributed by atoms with Gasteiger partial charge in [0.25, 0.3) is 0 Å². The van der Waals surface area contributed by atoms with Crippen molar-refractivity contribution in [2.45, 2.75) is 35.1 Å². The highest BCUT2D eigenvalue weighted by Crippen LogP contribution is 2.29. The van der Waals surface area contributed by atoms with Gasteiger partial charge in [-0.1, -0.05) is 58.0 Å². The molecule has 23 heavy (non-hydrogen) atoms. The molecule has 1 fully saturated rings. The highest BCUT2D eigenvalue weighted by molar-refractivity contribution is 6.67. The van der Waals surface area contributed by atoms with E-state index in [1.54, 1.807) is 12.1 Å². The van der Waals surface area contributed by atoms with Crippen molar-refractivity contribution in [3.63, 3.8) is 0 Å². The summed E-state index contributed by atoms with van der Waals surface area (Å²) in [7, 11) is 0. The summed E-state index contributed by atoms with van der Waals surface area (Å²) in [5, 5.41) is 7.10. The van der Waals surface area contributed by atoms with Crippen LogP contribution in [0.2, 0.25) is 10.0 Å². The normalized spacial score (nSPS) is 21.1. The number of halogens is 5. The molecule has 0 bridgehead atoms. The van der Waals surface area contributed by atoms with E-state index >= 15 is 0 Å². The summed E-state index contributed by atoms with van der Waals surface area (Å²) in [6.45, 7) is -0.304. The van der Waals surface area contributed by atoms with E-state index in [0.717, 1.165) is 24.9 Å². The number of nitrogens with one attached hydrogen (secondary N) is 2. The van der Waals surface area contributed by atoms with Crippen molar-refractivity contribution < 1.29 is 9.53 Å². The van der Waals surface area contributed by atoms with Crippen LogP contribution in [0, 0.1) is 0 Å². The molecule has 0 saturated heterocycles. The van der Waals surface area contributed by atoms with Crippen LogP contribution in [0.3, 0.4) is 0 Å². The molecule has 1 aliphatic rings. The van der Waals surface area contributed by atoms with Gasteiger partial charge in [0.15, 0.2) is 0 Å². The standard InChI is InChI=1S/C14H15Cl5N2O2/c15-9-5-4-8(6-10(9)16)20-11-2-1-3-12(11)21-13(22)23-7-14(17,18)19/h4-6,11-12,20H,1-3,7H2,(H,21,22). The fraction of sp³-hybridized carbons (Fsp3) is 0.500. The average Bonchev–Trinajstić information content (AvgIpc) is 2.87. The topological polar surface area (TPSA) is 50.4 Å². The van der Waals surface area contributed by atoms with E-state index in [1.807, 2.05) is 6.07 Å². The Kier molecular flexibility index (Phi) is 6.81. The van der Waals surface area contributed by atoms with E-state index in [1.165, 1.54) is 0 Å². The summed E-state index contributed by atoms with van der Waals surface area (Å²) in [5.74, 6) is 0. The molecule has 2 rings (SSSR count). The first-order chi connectivity index (χ1) is 10.7. The molecular weight excluding hydrogens is 405 g/mol. The maximum Gasteiger partial charge on any atom is 0.407 e. The molecule has 0 heterocycles. The number of hydrogen-bond acceptors (Lipinski definition) is 3. The molecule has 0 aliphatic heterocycles. The first-order valence-corrected chi connectivity index (χ1v) is 8.85. The number of ether oxygens (including phenoxy) is 1. The summed E-state index contributed by atoms with van der Waals surface area (Å²) in [6, 6.07) is 5.30. The molecule has 1 aliphatic carbocycles. The predicted octanol–water partition coefficient (Wildman–Crippen LogP) is 5.42. The van der Waals surface area contributed by atoms with Crippen LogP contribution in [0.25, 0.3) is 0 Å². The quantitative estimate of drug-likeness (QED) is 0.639. The van der Waals surface area contributed by atoms with Crippen LogP contribution in [0.5, 0.6) is 0 Å². The molecule has 0 radical (unpaired) electrons. The van der Waals surface area contributed by atoms with Crippen molar-refractivity contribution in [2.75, 3.05) is 11.9 Å². The lowest BCUT2D eigenvalue weighted by molar-refractivity contribution is 0.144. The average molecular weight is 421 g/mol. The maximum absolute atomic E-state index is 11.8. The maximum atomic E-state index is 11.8. The molecule has 9 heteroatoms. The minimum atomic E-state index is -1.62. The molecule has 2 N–H and O–H groups in total. The monoisotopic (exact) mass is 418 g/mol. The highest BCUT2D eigenvalue weighted by atomic mass is 35.6. The van der Waals surface area contributed by atoms with Crippen molar-refractivity contribution >= 4 is 69.8 Å². The molecule has 1 saturated carbocycles. The molecule has 1 aromatic carbocycles. The zero-order chi connectivity index (χ0) is 17.0. The third-order valence-electron chi connectivity index (χ3n) is 3.46. The second-order valence-electron chi connectivity index (χ2n) is 5.25. The van der Waals surface area contributed by atoms with Gasteiger partial charge in [0.2, 0.25) is 3.79 Å². The number of benzene rings is 1. The van der Waals surface area contributed by atoms with Gasteiger partial charge in [-0.15, -0.1) is 0 Å². The second kappa shape index (κ2) is 8.21. The zero-order valence-electron chi connectivity index (χ0n) is 11.9. The fourth-order valence-corrected chi connectivity index (χ4v) is 2.91. The summed E-state index contributed by atoms with van der Waals surface area (Å²) < 4.78 is 3.27. The van der Waals surface area contributed by atoms with Crippen molar-refractivity contribution in [3.8, 4) is 0 Å². The molecule has 1 amide bonds. The van der Waals surface area contributed by atoms with Crippen LogP contribution in [-0.4, -0.2) is 28.6 Å². The van der Waals surface area contributed by atoms with E-state index in [2.05, 4.69) is 10.6 Å². The van der Waals surface area contributed by atoms with Crippen molar-refractivity contribution in [2.24, 2.45) is 0 Å². The third-order valence-corrected chi connectivity index (χ3v) is 4.52. The molecule has 2 unspecified atom stereocenters. The second-order valence-corrected chi connectivity index (χ2v) is 8.58. The molecule has 128 valence electrons. The predicted molar refractivity (Wildman–Crippen MR) is 96.3 cm³/mol. The van der Waals surface area contributed by atoms with Gasteiger partial charge in [-0.25, -0.2) is 4.79 Å². The number of hydrogen-bond donors (Lipinski definition) is 2. The number of anilines is 1. The van der Waals surface area contributed by atoms with Crippen molar-refractivity contribution in [1.29, 1.82) is 0 Å². The van der Waals surface area contributed by atoms with Crippen LogP contribution in [0.15, 0.2) is 18.2 Å².